The van der Waals surface area contributed by atoms with Gasteiger partial charge in [-0.05, 0) is 46.5 Å². The predicted octanol–water partition coefficient (Wildman–Crippen LogP) is 6.47. The summed E-state index contributed by atoms with van der Waals surface area (Å²) < 4.78 is 5.66. The fraction of sp³-hybridized carbons (Fsp3) is 0. The molecular weight excluding hydrogens is 420 g/mol. The van der Waals surface area contributed by atoms with E-state index >= 15 is 0 Å². The van der Waals surface area contributed by atoms with E-state index in [1.54, 1.807) is 34.0 Å². The molecule has 0 amide bonds. The van der Waals surface area contributed by atoms with Crippen molar-refractivity contribution in [3.63, 3.8) is 0 Å². The Kier molecular flexibility index (Phi) is 4.63. The molecule has 5 rings (SSSR count). The third-order valence-electron chi connectivity index (χ3n) is 4.47. The van der Waals surface area contributed by atoms with Crippen molar-refractivity contribution in [2.45, 2.75) is 0 Å². The second-order valence-electron chi connectivity index (χ2n) is 6.27. The van der Waals surface area contributed by atoms with E-state index in [-0.39, 0.29) is 6.01 Å². The molecule has 0 saturated carbocycles. The third kappa shape index (κ3) is 3.44. The summed E-state index contributed by atoms with van der Waals surface area (Å²) in [6, 6.07) is 17.9. The number of nitrogens with two attached hydrogens (primary N) is 1. The largest absolute Gasteiger partial charge is 0.425 e. The molecule has 5 aromatic rings. The van der Waals surface area contributed by atoms with Crippen LogP contribution in [0.25, 0.3) is 42.6 Å². The maximum absolute atomic E-state index is 12.0. The Bertz CT molecular complexity index is 1320. The van der Waals surface area contributed by atoms with Gasteiger partial charge in [0.25, 0.3) is 11.6 Å². The van der Waals surface area contributed by atoms with Gasteiger partial charge in [-0.3, -0.25) is 4.79 Å². The van der Waals surface area contributed by atoms with E-state index in [9.17, 15) is 4.79 Å². The Morgan fingerprint density at radius 1 is 0.724 bits per heavy atom. The lowest BCUT2D eigenvalue weighted by Crippen LogP contribution is -2.07. The lowest BCUT2D eigenvalue weighted by Gasteiger charge is -2.14. The quantitative estimate of drug-likeness (QED) is 0.352. The van der Waals surface area contributed by atoms with Gasteiger partial charge in [-0.1, -0.05) is 18.2 Å². The van der Waals surface area contributed by atoms with E-state index in [1.807, 2.05) is 17.5 Å². The predicted molar refractivity (Wildman–Crippen MR) is 123 cm³/mol. The number of hydrogen-bond donors (Lipinski definition) is 1. The normalized spacial score (nSPS) is 11.0. The van der Waals surface area contributed by atoms with Crippen molar-refractivity contribution in [1.82, 2.24) is 4.98 Å². The van der Waals surface area contributed by atoms with E-state index in [0.29, 0.717) is 5.76 Å². The molecule has 4 aromatic heterocycles. The van der Waals surface area contributed by atoms with Crippen LogP contribution in [0.1, 0.15) is 0 Å². The van der Waals surface area contributed by atoms with E-state index in [1.165, 1.54) is 10.9 Å². The topological polar surface area (TPSA) is 69.1 Å². The summed E-state index contributed by atoms with van der Waals surface area (Å²) in [5.41, 5.74) is 9.38. The lowest BCUT2D eigenvalue weighted by molar-refractivity contribution is 0.564. The minimum atomic E-state index is -0.416. The SMILES string of the molecule is Nc1nc(=O)cc(-c2cc(-c3cccs3)c(-c3cccs3)cc2-c2cccs2)o1. The van der Waals surface area contributed by atoms with Crippen LogP contribution >= 0.6 is 34.0 Å². The molecule has 4 nitrogen and oxygen atoms in total. The van der Waals surface area contributed by atoms with Gasteiger partial charge in [0, 0.05) is 43.0 Å². The second kappa shape index (κ2) is 7.44. The second-order valence-corrected chi connectivity index (χ2v) is 9.12. The number of nitrogen functional groups attached to an aromatic ring is 1. The maximum Gasteiger partial charge on any atom is 0.295 e. The monoisotopic (exact) mass is 434 g/mol. The van der Waals surface area contributed by atoms with Gasteiger partial charge in [-0.2, -0.15) is 4.98 Å². The third-order valence-corrected chi connectivity index (χ3v) is 7.18. The van der Waals surface area contributed by atoms with E-state index in [4.69, 9.17) is 10.2 Å². The van der Waals surface area contributed by atoms with Crippen molar-refractivity contribution in [3.8, 4) is 42.6 Å². The Morgan fingerprint density at radius 2 is 1.21 bits per heavy atom. The van der Waals surface area contributed by atoms with Crippen LogP contribution in [0.4, 0.5) is 6.01 Å². The Hall–Kier alpha value is -3.00. The number of anilines is 1. The standard InChI is InChI=1S/C22H14N2O2S3/c23-22-24-21(25)12-17(26-22)13-10-15(19-5-2-8-28-19)16(20-6-3-9-29-20)11-14(13)18-4-1-7-27-18/h1-12H,(H2,23,24,25). The van der Waals surface area contributed by atoms with Crippen LogP contribution in [0.2, 0.25) is 0 Å². The molecule has 1 aromatic carbocycles. The molecule has 0 aliphatic rings. The van der Waals surface area contributed by atoms with Crippen LogP contribution in [-0.4, -0.2) is 4.98 Å². The number of thiophene rings is 3. The summed E-state index contributed by atoms with van der Waals surface area (Å²) in [7, 11) is 0. The van der Waals surface area contributed by atoms with E-state index < -0.39 is 5.56 Å². The van der Waals surface area contributed by atoms with Gasteiger partial charge in [0.05, 0.1) is 0 Å². The smallest absolute Gasteiger partial charge is 0.295 e. The number of aromatic nitrogens is 1. The van der Waals surface area contributed by atoms with Crippen molar-refractivity contribution in [3.05, 3.63) is 81.1 Å². The zero-order chi connectivity index (χ0) is 19.8. The van der Waals surface area contributed by atoms with Gasteiger partial charge in [0.1, 0.15) is 5.76 Å². The molecule has 2 N–H and O–H groups in total. The van der Waals surface area contributed by atoms with Crippen molar-refractivity contribution < 1.29 is 4.42 Å². The Balaban J connectivity index is 1.86. The van der Waals surface area contributed by atoms with Gasteiger partial charge in [-0.15, -0.1) is 34.0 Å². The molecule has 0 spiro atoms. The highest BCUT2D eigenvalue weighted by Crippen LogP contribution is 2.44. The van der Waals surface area contributed by atoms with Gasteiger partial charge in [0.2, 0.25) is 0 Å². The molecular formula is C22H14N2O2S3. The molecule has 0 radical (unpaired) electrons. The van der Waals surface area contributed by atoms with E-state index in [0.717, 1.165) is 32.0 Å². The first-order valence-electron chi connectivity index (χ1n) is 8.77. The molecule has 29 heavy (non-hydrogen) atoms. The first kappa shape index (κ1) is 18.1. The van der Waals surface area contributed by atoms with Crippen LogP contribution in [0.15, 0.2) is 79.9 Å². The van der Waals surface area contributed by atoms with Crippen LogP contribution in [0, 0.1) is 0 Å². The van der Waals surface area contributed by atoms with Gasteiger partial charge >= 0.3 is 0 Å². The first-order valence-corrected chi connectivity index (χ1v) is 11.4. The fourth-order valence-electron chi connectivity index (χ4n) is 3.26. The zero-order valence-corrected chi connectivity index (χ0v) is 17.4. The van der Waals surface area contributed by atoms with Crippen molar-refractivity contribution >= 4 is 40.0 Å². The first-order chi connectivity index (χ1) is 14.2. The minimum absolute atomic E-state index is 0.135. The summed E-state index contributed by atoms with van der Waals surface area (Å²) >= 11 is 5.03. The molecule has 142 valence electrons. The summed E-state index contributed by atoms with van der Waals surface area (Å²) in [6.45, 7) is 0. The van der Waals surface area contributed by atoms with Gasteiger partial charge < -0.3 is 10.2 Å². The molecule has 0 aliphatic heterocycles. The molecule has 0 fully saturated rings. The van der Waals surface area contributed by atoms with Gasteiger partial charge in [0.15, 0.2) is 0 Å². The number of rotatable bonds is 4. The molecule has 7 heteroatoms. The van der Waals surface area contributed by atoms with Crippen LogP contribution in [-0.2, 0) is 0 Å². The van der Waals surface area contributed by atoms with Crippen LogP contribution < -0.4 is 11.3 Å². The van der Waals surface area contributed by atoms with E-state index in [2.05, 4.69) is 52.1 Å². The number of hydrogen-bond acceptors (Lipinski definition) is 7. The van der Waals surface area contributed by atoms with Crippen molar-refractivity contribution in [2.75, 3.05) is 5.73 Å². The molecule has 0 unspecified atom stereocenters. The average Bonchev–Trinajstić information content (AvgIpc) is 3.50. The number of benzene rings is 1. The van der Waals surface area contributed by atoms with Crippen molar-refractivity contribution in [2.24, 2.45) is 0 Å². The minimum Gasteiger partial charge on any atom is -0.425 e. The zero-order valence-electron chi connectivity index (χ0n) is 15.0. The maximum atomic E-state index is 12.0. The molecule has 0 saturated heterocycles. The highest BCUT2D eigenvalue weighted by Gasteiger charge is 2.19. The molecule has 0 bridgehead atoms. The summed E-state index contributed by atoms with van der Waals surface area (Å²) in [6.07, 6.45) is 0. The summed E-state index contributed by atoms with van der Waals surface area (Å²) in [5.74, 6) is 0.418. The summed E-state index contributed by atoms with van der Waals surface area (Å²) in [5, 5.41) is 6.17. The Morgan fingerprint density at radius 3 is 1.66 bits per heavy atom. The highest BCUT2D eigenvalue weighted by molar-refractivity contribution is 7.15. The highest BCUT2D eigenvalue weighted by atomic mass is 32.1. The van der Waals surface area contributed by atoms with Gasteiger partial charge in [-0.25, -0.2) is 0 Å². The average molecular weight is 435 g/mol. The number of nitrogens with zero attached hydrogens (tertiary/aromatic N) is 1. The summed E-state index contributed by atoms with van der Waals surface area (Å²) in [4.78, 5) is 19.1. The lowest BCUT2D eigenvalue weighted by atomic mass is 9.94. The van der Waals surface area contributed by atoms with Crippen LogP contribution in [0.3, 0.4) is 0 Å². The molecule has 0 atom stereocenters. The van der Waals surface area contributed by atoms with Crippen molar-refractivity contribution in [1.29, 1.82) is 0 Å². The molecule has 4 heterocycles. The Labute approximate surface area is 178 Å². The molecule has 0 aliphatic carbocycles. The fourth-order valence-corrected chi connectivity index (χ4v) is 5.53. The van der Waals surface area contributed by atoms with Crippen LogP contribution in [0.5, 0.6) is 0 Å².